The Morgan fingerprint density at radius 1 is 1.14 bits per heavy atom. The van der Waals surface area contributed by atoms with Crippen molar-refractivity contribution in [3.05, 3.63) is 22.7 Å². The lowest BCUT2D eigenvalue weighted by atomic mass is 9.91. The van der Waals surface area contributed by atoms with Gasteiger partial charge in [0.05, 0.1) is 19.8 Å². The highest BCUT2D eigenvalue weighted by molar-refractivity contribution is 6.34. The Kier molecular flexibility index (Phi) is 5.92. The number of halogens is 1. The Balaban J connectivity index is 2.16. The fourth-order valence-corrected chi connectivity index (χ4v) is 3.37. The zero-order chi connectivity index (χ0) is 15.2. The van der Waals surface area contributed by atoms with Crippen LogP contribution >= 0.6 is 11.6 Å². The minimum Gasteiger partial charge on any atom is -0.495 e. The lowest BCUT2D eigenvalue weighted by Crippen LogP contribution is -2.10. The molecule has 2 rings (SSSR count). The van der Waals surface area contributed by atoms with Gasteiger partial charge in [0.2, 0.25) is 0 Å². The van der Waals surface area contributed by atoms with Crippen LogP contribution in [0.2, 0.25) is 5.02 Å². The fourth-order valence-electron chi connectivity index (χ4n) is 3.05. The number of carbonyl (C=O) groups is 1. The van der Waals surface area contributed by atoms with Crippen LogP contribution in [0, 0.1) is 5.92 Å². The van der Waals surface area contributed by atoms with Crippen LogP contribution in [0.3, 0.4) is 0 Å². The third kappa shape index (κ3) is 3.91. The maximum atomic E-state index is 12.6. The average molecular weight is 311 g/mol. The lowest BCUT2D eigenvalue weighted by Gasteiger charge is -2.16. The predicted molar refractivity (Wildman–Crippen MR) is 84.7 cm³/mol. The molecule has 0 amide bonds. The molecular weight excluding hydrogens is 288 g/mol. The smallest absolute Gasteiger partial charge is 0.166 e. The molecule has 1 aromatic rings. The third-order valence-electron chi connectivity index (χ3n) is 4.23. The van der Waals surface area contributed by atoms with Gasteiger partial charge < -0.3 is 9.47 Å². The molecule has 116 valence electrons. The SMILES string of the molecule is COc1ccc(C(=O)CC2CCCCCC2)c(OC)c1Cl. The summed E-state index contributed by atoms with van der Waals surface area (Å²) in [5, 5.41) is 0.367. The van der Waals surface area contributed by atoms with Crippen LogP contribution in [0.1, 0.15) is 55.3 Å². The van der Waals surface area contributed by atoms with Gasteiger partial charge >= 0.3 is 0 Å². The maximum absolute atomic E-state index is 12.6. The molecule has 0 atom stereocenters. The van der Waals surface area contributed by atoms with Crippen molar-refractivity contribution < 1.29 is 14.3 Å². The van der Waals surface area contributed by atoms with E-state index in [1.807, 2.05) is 0 Å². The van der Waals surface area contributed by atoms with Crippen molar-refractivity contribution in [2.45, 2.75) is 44.9 Å². The van der Waals surface area contributed by atoms with Gasteiger partial charge in [0.25, 0.3) is 0 Å². The van der Waals surface area contributed by atoms with Crippen molar-refractivity contribution >= 4 is 17.4 Å². The van der Waals surface area contributed by atoms with E-state index in [4.69, 9.17) is 21.1 Å². The van der Waals surface area contributed by atoms with Crippen LogP contribution in [-0.4, -0.2) is 20.0 Å². The summed E-state index contributed by atoms with van der Waals surface area (Å²) in [5.41, 5.74) is 0.563. The summed E-state index contributed by atoms with van der Waals surface area (Å²) >= 11 is 6.22. The van der Waals surface area contributed by atoms with E-state index in [0.29, 0.717) is 34.4 Å². The average Bonchev–Trinajstić information content (AvgIpc) is 2.75. The highest BCUT2D eigenvalue weighted by Gasteiger charge is 2.22. The van der Waals surface area contributed by atoms with E-state index < -0.39 is 0 Å². The third-order valence-corrected chi connectivity index (χ3v) is 4.59. The number of carbonyl (C=O) groups excluding carboxylic acids is 1. The summed E-state index contributed by atoms with van der Waals surface area (Å²) in [6.45, 7) is 0. The zero-order valence-corrected chi connectivity index (χ0v) is 13.5. The van der Waals surface area contributed by atoms with Gasteiger partial charge in [-0.3, -0.25) is 4.79 Å². The number of methoxy groups -OCH3 is 2. The molecule has 3 nitrogen and oxygen atoms in total. The summed E-state index contributed by atoms with van der Waals surface area (Å²) in [7, 11) is 3.08. The van der Waals surface area contributed by atoms with Crippen molar-refractivity contribution in [2.24, 2.45) is 5.92 Å². The largest absolute Gasteiger partial charge is 0.495 e. The molecule has 0 spiro atoms. The Labute approximate surface area is 131 Å². The molecule has 0 N–H and O–H groups in total. The van der Waals surface area contributed by atoms with E-state index in [2.05, 4.69) is 0 Å². The highest BCUT2D eigenvalue weighted by atomic mass is 35.5. The van der Waals surface area contributed by atoms with Crippen molar-refractivity contribution in [3.8, 4) is 11.5 Å². The Bertz CT molecular complexity index is 491. The molecule has 0 aliphatic heterocycles. The molecule has 1 aliphatic rings. The van der Waals surface area contributed by atoms with Crippen LogP contribution in [0.25, 0.3) is 0 Å². The summed E-state index contributed by atoms with van der Waals surface area (Å²) < 4.78 is 10.5. The molecule has 0 aromatic heterocycles. The van der Waals surface area contributed by atoms with Gasteiger partial charge in [0.15, 0.2) is 11.5 Å². The summed E-state index contributed by atoms with van der Waals surface area (Å²) in [5.74, 6) is 1.56. The van der Waals surface area contributed by atoms with E-state index in [1.165, 1.54) is 32.8 Å². The first-order chi connectivity index (χ1) is 10.2. The molecule has 0 unspecified atom stereocenters. The maximum Gasteiger partial charge on any atom is 0.166 e. The minimum atomic E-state index is 0.114. The van der Waals surface area contributed by atoms with Crippen LogP contribution in [-0.2, 0) is 0 Å². The number of hydrogen-bond donors (Lipinski definition) is 0. The van der Waals surface area contributed by atoms with Crippen molar-refractivity contribution in [2.75, 3.05) is 14.2 Å². The van der Waals surface area contributed by atoms with Crippen LogP contribution in [0.15, 0.2) is 12.1 Å². The number of Topliss-reactive ketones (excluding diaryl/α,β-unsaturated/α-hetero) is 1. The fraction of sp³-hybridized carbons (Fsp3) is 0.588. The van der Waals surface area contributed by atoms with Gasteiger partial charge in [-0.25, -0.2) is 0 Å². The molecule has 1 fully saturated rings. The van der Waals surface area contributed by atoms with Crippen LogP contribution in [0.5, 0.6) is 11.5 Å². The molecular formula is C17H23ClO3. The van der Waals surface area contributed by atoms with Gasteiger partial charge in [-0.1, -0.05) is 50.1 Å². The summed E-state index contributed by atoms with van der Waals surface area (Å²) in [6.07, 6.45) is 7.94. The molecule has 21 heavy (non-hydrogen) atoms. The first-order valence-corrected chi connectivity index (χ1v) is 7.98. The number of ether oxygens (including phenoxy) is 2. The monoisotopic (exact) mass is 310 g/mol. The Morgan fingerprint density at radius 2 is 1.81 bits per heavy atom. The van der Waals surface area contributed by atoms with Gasteiger partial charge in [-0.15, -0.1) is 0 Å². The molecule has 0 heterocycles. The van der Waals surface area contributed by atoms with Crippen molar-refractivity contribution in [1.29, 1.82) is 0 Å². The van der Waals surface area contributed by atoms with Crippen molar-refractivity contribution in [3.63, 3.8) is 0 Å². The number of ketones is 1. The highest BCUT2D eigenvalue weighted by Crippen LogP contribution is 2.38. The number of rotatable bonds is 5. The molecule has 0 bridgehead atoms. The number of hydrogen-bond acceptors (Lipinski definition) is 3. The lowest BCUT2D eigenvalue weighted by molar-refractivity contribution is 0.0954. The predicted octanol–water partition coefficient (Wildman–Crippen LogP) is 4.90. The van der Waals surface area contributed by atoms with Crippen LogP contribution in [0.4, 0.5) is 0 Å². The second-order valence-electron chi connectivity index (χ2n) is 5.65. The Hall–Kier alpha value is -1.22. The molecule has 0 radical (unpaired) electrons. The summed E-state index contributed by atoms with van der Waals surface area (Å²) in [4.78, 5) is 12.6. The standard InChI is InChI=1S/C17H23ClO3/c1-20-15-10-9-13(17(21-2)16(15)18)14(19)11-12-7-5-3-4-6-8-12/h9-10,12H,3-8,11H2,1-2H3. The topological polar surface area (TPSA) is 35.5 Å². The second-order valence-corrected chi connectivity index (χ2v) is 6.03. The molecule has 4 heteroatoms. The van der Waals surface area contributed by atoms with Gasteiger partial charge in [0.1, 0.15) is 10.8 Å². The van der Waals surface area contributed by atoms with Gasteiger partial charge in [-0.05, 0) is 18.1 Å². The van der Waals surface area contributed by atoms with E-state index in [-0.39, 0.29) is 5.78 Å². The minimum absolute atomic E-state index is 0.114. The molecule has 1 aliphatic carbocycles. The zero-order valence-electron chi connectivity index (χ0n) is 12.8. The van der Waals surface area contributed by atoms with Gasteiger partial charge in [0, 0.05) is 6.42 Å². The Morgan fingerprint density at radius 3 is 2.38 bits per heavy atom. The van der Waals surface area contributed by atoms with Gasteiger partial charge in [-0.2, -0.15) is 0 Å². The second kappa shape index (κ2) is 7.69. The number of benzene rings is 1. The van der Waals surface area contributed by atoms with E-state index in [9.17, 15) is 4.79 Å². The molecule has 1 saturated carbocycles. The first-order valence-electron chi connectivity index (χ1n) is 7.61. The van der Waals surface area contributed by atoms with Crippen LogP contribution < -0.4 is 9.47 Å². The first kappa shape index (κ1) is 16.2. The van der Waals surface area contributed by atoms with E-state index in [1.54, 1.807) is 19.2 Å². The normalized spacial score (nSPS) is 16.3. The van der Waals surface area contributed by atoms with E-state index in [0.717, 1.165) is 12.8 Å². The molecule has 1 aromatic carbocycles. The van der Waals surface area contributed by atoms with E-state index >= 15 is 0 Å². The quantitative estimate of drug-likeness (QED) is 0.573. The van der Waals surface area contributed by atoms with Crippen molar-refractivity contribution in [1.82, 2.24) is 0 Å². The summed E-state index contributed by atoms with van der Waals surface area (Å²) in [6, 6.07) is 3.48. The molecule has 0 saturated heterocycles.